The topological polar surface area (TPSA) is 187 Å². The van der Waals surface area contributed by atoms with Gasteiger partial charge in [-0.25, -0.2) is 0 Å². The molecule has 27 heavy (non-hydrogen) atoms. The van der Waals surface area contributed by atoms with Gasteiger partial charge in [-0.3, -0.25) is 10.2 Å². The van der Waals surface area contributed by atoms with Crippen LogP contribution in [0.5, 0.6) is 0 Å². The molecule has 8 nitrogen and oxygen atoms in total. The molecular weight excluding hydrogens is 368 g/mol. The number of anilines is 1. The zero-order chi connectivity index (χ0) is 17.1. The van der Waals surface area contributed by atoms with E-state index in [9.17, 15) is 9.90 Å². The van der Waals surface area contributed by atoms with Crippen molar-refractivity contribution in [2.24, 2.45) is 0 Å². The molecule has 150 valence electrons. The molecule has 0 atom stereocenters. The number of rotatable bonds is 4. The first-order valence-corrected chi connectivity index (χ1v) is 8.54. The van der Waals surface area contributed by atoms with Gasteiger partial charge in [-0.1, -0.05) is 12.1 Å². The molecule has 1 aromatic carbocycles. The first-order chi connectivity index (χ1) is 11.5. The molecule has 9 heteroatoms. The van der Waals surface area contributed by atoms with Crippen molar-refractivity contribution in [2.75, 3.05) is 5.32 Å². The van der Waals surface area contributed by atoms with Crippen molar-refractivity contribution in [2.45, 2.75) is 42.7 Å². The van der Waals surface area contributed by atoms with Crippen molar-refractivity contribution >= 4 is 24.0 Å². The summed E-state index contributed by atoms with van der Waals surface area (Å²) in [6.07, 6.45) is 4.61. The Hall–Kier alpha value is -2.17. The molecule has 11 N–H and O–H groups in total. The predicted molar refractivity (Wildman–Crippen MR) is 111 cm³/mol. The second-order valence-electron chi connectivity index (χ2n) is 6.17. The van der Waals surface area contributed by atoms with E-state index in [0.717, 1.165) is 30.6 Å². The van der Waals surface area contributed by atoms with E-state index >= 15 is 0 Å². The molecule has 1 fully saturated rings. The minimum Gasteiger partial charge on any atom is -0.412 e. The third-order valence-corrected chi connectivity index (χ3v) is 4.72. The van der Waals surface area contributed by atoms with Gasteiger partial charge in [-0.15, -0.1) is 12.6 Å². The normalized spacial score (nSPS) is 18.3. The maximum Gasteiger partial charge on any atom is 0.259 e. The standard InChI is InChI=1S/C18H21N3O2S.H3N.2H2O/c19-17(11-1-7-14(24)8-2-11)16-15(9-10-20-18(16)23)21-12-3-5-13(22)6-4-12;;;/h1-2,7-10,12-13,19,22,24H,3-6H2,(H2,20,21,23);1H3;2*1H2. The molecule has 1 heterocycles. The molecule has 1 saturated carbocycles. The third-order valence-electron chi connectivity index (χ3n) is 4.42. The Morgan fingerprint density at radius 3 is 2.30 bits per heavy atom. The number of aromatic amines is 1. The second-order valence-corrected chi connectivity index (χ2v) is 6.68. The lowest BCUT2D eigenvalue weighted by atomic mass is 9.92. The van der Waals surface area contributed by atoms with E-state index < -0.39 is 0 Å². The number of pyridine rings is 1. The minimum absolute atomic E-state index is 0. The molecule has 2 aromatic rings. The number of aromatic nitrogens is 1. The number of nitrogens with one attached hydrogen (secondary N) is 3. The SMILES string of the molecule is N.N=C(c1ccc(S)cc1)c1c(NC2CCC(O)CC2)cc[nH]c1=O.O.O. The Kier molecular flexibility index (Phi) is 9.98. The lowest BCUT2D eigenvalue weighted by Crippen LogP contribution is -2.30. The van der Waals surface area contributed by atoms with Gasteiger partial charge in [-0.05, 0) is 43.9 Å². The monoisotopic (exact) mass is 396 g/mol. The lowest BCUT2D eigenvalue weighted by Gasteiger charge is -2.27. The van der Waals surface area contributed by atoms with E-state index in [1.165, 1.54) is 0 Å². The largest absolute Gasteiger partial charge is 0.412 e. The van der Waals surface area contributed by atoms with Crippen LogP contribution >= 0.6 is 12.6 Å². The summed E-state index contributed by atoms with van der Waals surface area (Å²) in [5.74, 6) is 0. The van der Waals surface area contributed by atoms with Gasteiger partial charge in [-0.2, -0.15) is 0 Å². The summed E-state index contributed by atoms with van der Waals surface area (Å²) in [7, 11) is 0. The number of hydrogen-bond acceptors (Lipinski definition) is 6. The highest BCUT2D eigenvalue weighted by Crippen LogP contribution is 2.24. The van der Waals surface area contributed by atoms with Crippen LogP contribution in [0.15, 0.2) is 46.2 Å². The molecule has 1 aromatic heterocycles. The molecule has 1 aliphatic carbocycles. The first kappa shape index (κ1) is 24.8. The molecule has 0 bridgehead atoms. The fourth-order valence-electron chi connectivity index (χ4n) is 3.06. The Bertz CT molecular complexity index is 787. The quantitative estimate of drug-likeness (QED) is 0.336. The molecular formula is C18H28N4O4S. The fourth-order valence-corrected chi connectivity index (χ4v) is 3.21. The highest BCUT2D eigenvalue weighted by Gasteiger charge is 2.21. The highest BCUT2D eigenvalue weighted by molar-refractivity contribution is 7.80. The molecule has 0 radical (unpaired) electrons. The number of H-pyrrole nitrogens is 1. The summed E-state index contributed by atoms with van der Waals surface area (Å²) in [6.45, 7) is 0. The molecule has 0 unspecified atom stereocenters. The Morgan fingerprint density at radius 1 is 1.11 bits per heavy atom. The molecule has 0 amide bonds. The first-order valence-electron chi connectivity index (χ1n) is 8.09. The number of thiol groups is 1. The Balaban J connectivity index is 0.00000225. The minimum atomic E-state index is -0.282. The zero-order valence-electron chi connectivity index (χ0n) is 15.0. The van der Waals surface area contributed by atoms with Crippen LogP contribution in [0, 0.1) is 5.41 Å². The van der Waals surface area contributed by atoms with Crippen LogP contribution in [0.25, 0.3) is 0 Å². The lowest BCUT2D eigenvalue weighted by molar-refractivity contribution is 0.126. The molecule has 0 spiro atoms. The maximum atomic E-state index is 12.3. The number of hydrogen-bond donors (Lipinski definition) is 6. The summed E-state index contributed by atoms with van der Waals surface area (Å²) in [5.41, 5.74) is 1.58. The van der Waals surface area contributed by atoms with Gasteiger partial charge in [0, 0.05) is 22.7 Å². The van der Waals surface area contributed by atoms with Crippen LogP contribution in [0.4, 0.5) is 5.69 Å². The number of benzene rings is 1. The van der Waals surface area contributed by atoms with E-state index in [0.29, 0.717) is 16.8 Å². The van der Waals surface area contributed by atoms with Gasteiger partial charge in [0.15, 0.2) is 0 Å². The van der Waals surface area contributed by atoms with E-state index in [-0.39, 0.29) is 40.5 Å². The van der Waals surface area contributed by atoms with Gasteiger partial charge in [0.25, 0.3) is 5.56 Å². The average Bonchev–Trinajstić information content (AvgIpc) is 2.57. The van der Waals surface area contributed by atoms with Crippen LogP contribution in [-0.4, -0.2) is 38.9 Å². The van der Waals surface area contributed by atoms with E-state index in [1.807, 2.05) is 0 Å². The fraction of sp³-hybridized carbons (Fsp3) is 0.333. The van der Waals surface area contributed by atoms with E-state index in [1.54, 1.807) is 36.5 Å². The molecule has 1 aliphatic rings. The Labute approximate surface area is 163 Å². The van der Waals surface area contributed by atoms with Crippen LogP contribution in [0.3, 0.4) is 0 Å². The zero-order valence-corrected chi connectivity index (χ0v) is 15.9. The van der Waals surface area contributed by atoms with Gasteiger partial charge in [0.05, 0.1) is 23.1 Å². The van der Waals surface area contributed by atoms with Gasteiger partial charge in [0.1, 0.15) is 0 Å². The van der Waals surface area contributed by atoms with E-state index in [4.69, 9.17) is 5.41 Å². The summed E-state index contributed by atoms with van der Waals surface area (Å²) in [4.78, 5) is 15.8. The van der Waals surface area contributed by atoms with Crippen molar-refractivity contribution in [3.63, 3.8) is 0 Å². The average molecular weight is 397 g/mol. The summed E-state index contributed by atoms with van der Waals surface area (Å²) < 4.78 is 0. The van der Waals surface area contributed by atoms with Gasteiger partial charge >= 0.3 is 0 Å². The summed E-state index contributed by atoms with van der Waals surface area (Å²) >= 11 is 4.25. The van der Waals surface area contributed by atoms with Crippen molar-refractivity contribution in [3.8, 4) is 0 Å². The predicted octanol–water partition coefficient (Wildman–Crippen LogP) is 1.31. The number of aliphatic hydroxyl groups excluding tert-OH is 1. The maximum absolute atomic E-state index is 12.3. The van der Waals surface area contributed by atoms with Crippen molar-refractivity contribution < 1.29 is 16.1 Å². The molecule has 3 rings (SSSR count). The molecule has 0 saturated heterocycles. The van der Waals surface area contributed by atoms with Crippen molar-refractivity contribution in [1.82, 2.24) is 11.1 Å². The third kappa shape index (κ3) is 5.91. The highest BCUT2D eigenvalue weighted by atomic mass is 32.1. The Morgan fingerprint density at radius 2 is 1.70 bits per heavy atom. The van der Waals surface area contributed by atoms with Crippen LogP contribution in [0.2, 0.25) is 0 Å². The van der Waals surface area contributed by atoms with Crippen molar-refractivity contribution in [1.29, 1.82) is 5.41 Å². The second kappa shape index (κ2) is 10.9. The number of aliphatic hydroxyl groups is 1. The van der Waals surface area contributed by atoms with Crippen LogP contribution in [0.1, 0.15) is 36.8 Å². The van der Waals surface area contributed by atoms with Crippen LogP contribution < -0.4 is 17.0 Å². The van der Waals surface area contributed by atoms with Crippen molar-refractivity contribution in [3.05, 3.63) is 58.0 Å². The smallest absolute Gasteiger partial charge is 0.259 e. The molecule has 0 aliphatic heterocycles. The van der Waals surface area contributed by atoms with Gasteiger partial charge in [0.2, 0.25) is 0 Å². The van der Waals surface area contributed by atoms with Gasteiger partial charge < -0.3 is 32.5 Å². The van der Waals surface area contributed by atoms with Crippen LogP contribution in [-0.2, 0) is 0 Å². The summed E-state index contributed by atoms with van der Waals surface area (Å²) in [6, 6.07) is 9.19. The van der Waals surface area contributed by atoms with E-state index in [2.05, 4.69) is 22.9 Å². The summed E-state index contributed by atoms with van der Waals surface area (Å²) in [5, 5.41) is 21.5.